The lowest BCUT2D eigenvalue weighted by molar-refractivity contribution is -0.140. The van der Waals surface area contributed by atoms with Crippen molar-refractivity contribution < 1.29 is 19.4 Å². The van der Waals surface area contributed by atoms with Crippen molar-refractivity contribution in [2.75, 3.05) is 39.4 Å². The minimum atomic E-state index is -0.676. The molecule has 0 saturated carbocycles. The summed E-state index contributed by atoms with van der Waals surface area (Å²) in [7, 11) is 0. The Hall–Kier alpha value is -3.75. The van der Waals surface area contributed by atoms with Crippen molar-refractivity contribution >= 4 is 17.4 Å². The highest BCUT2D eigenvalue weighted by Gasteiger charge is 2.46. The summed E-state index contributed by atoms with van der Waals surface area (Å²) < 4.78 is 7.13. The Morgan fingerprint density at radius 2 is 1.66 bits per heavy atom. The highest BCUT2D eigenvalue weighted by atomic mass is 16.5. The lowest BCUT2D eigenvalue weighted by Gasteiger charge is -2.31. The van der Waals surface area contributed by atoms with E-state index in [1.165, 1.54) is 0 Å². The number of aliphatic hydroxyl groups excluding tert-OH is 1. The predicted molar refractivity (Wildman–Crippen MR) is 131 cm³/mol. The average Bonchev–Trinajstić information content (AvgIpc) is 3.41. The second-order valence-corrected chi connectivity index (χ2v) is 8.75. The van der Waals surface area contributed by atoms with Crippen LogP contribution < -0.4 is 0 Å². The van der Waals surface area contributed by atoms with Gasteiger partial charge in [-0.1, -0.05) is 48.5 Å². The molecular formula is C27H28N4O4. The van der Waals surface area contributed by atoms with E-state index in [4.69, 9.17) is 4.74 Å². The Morgan fingerprint density at radius 1 is 1.00 bits per heavy atom. The number of para-hydroxylation sites is 1. The van der Waals surface area contributed by atoms with Gasteiger partial charge in [0.1, 0.15) is 5.76 Å². The summed E-state index contributed by atoms with van der Waals surface area (Å²) in [6.45, 7) is 5.74. The normalized spacial score (nSPS) is 20.5. The molecule has 0 unspecified atom stereocenters. The zero-order valence-corrected chi connectivity index (χ0v) is 19.6. The van der Waals surface area contributed by atoms with E-state index in [1.54, 1.807) is 15.8 Å². The smallest absolute Gasteiger partial charge is 0.295 e. The number of hydrogen-bond donors (Lipinski definition) is 1. The largest absolute Gasteiger partial charge is 0.507 e. The molecule has 0 bridgehead atoms. The van der Waals surface area contributed by atoms with Gasteiger partial charge in [0.05, 0.1) is 48.0 Å². The lowest BCUT2D eigenvalue weighted by atomic mass is 9.95. The van der Waals surface area contributed by atoms with E-state index < -0.39 is 17.7 Å². The quantitative estimate of drug-likeness (QED) is 0.337. The minimum absolute atomic E-state index is 0.0962. The standard InChI is InChI=1S/C27H28N4O4/c1-19-22(18-28-31(19)21-10-6-3-7-11-21)25(32)23-24(20-8-4-2-5-9-20)30(27(34)26(23)33)13-12-29-14-16-35-17-15-29/h2-11,18,24,32H,12-17H2,1H3/b25-23+/t24-/m0/s1. The van der Waals surface area contributed by atoms with Crippen molar-refractivity contribution in [2.45, 2.75) is 13.0 Å². The number of aromatic nitrogens is 2. The maximum Gasteiger partial charge on any atom is 0.295 e. The van der Waals surface area contributed by atoms with Gasteiger partial charge in [-0.3, -0.25) is 14.5 Å². The number of nitrogens with zero attached hydrogens (tertiary/aromatic N) is 4. The van der Waals surface area contributed by atoms with Crippen molar-refractivity contribution in [1.82, 2.24) is 19.6 Å². The number of amides is 1. The molecule has 2 aliphatic rings. The van der Waals surface area contributed by atoms with E-state index in [0.717, 1.165) is 24.3 Å². The van der Waals surface area contributed by atoms with Crippen molar-refractivity contribution in [3.8, 4) is 5.69 Å². The maximum atomic E-state index is 13.3. The van der Waals surface area contributed by atoms with E-state index >= 15 is 0 Å². The fourth-order valence-electron chi connectivity index (χ4n) is 4.78. The Bertz CT molecular complexity index is 1250. The number of ketones is 1. The second kappa shape index (κ2) is 9.85. The number of carbonyl (C=O) groups is 2. The van der Waals surface area contributed by atoms with Crippen LogP contribution in [-0.4, -0.2) is 75.8 Å². The van der Waals surface area contributed by atoms with Crippen LogP contribution in [0.1, 0.15) is 22.9 Å². The first kappa shape index (κ1) is 23.0. The predicted octanol–water partition coefficient (Wildman–Crippen LogP) is 2.93. The molecule has 3 heterocycles. The van der Waals surface area contributed by atoms with Crippen LogP contribution in [0.15, 0.2) is 72.4 Å². The van der Waals surface area contributed by atoms with Gasteiger partial charge in [-0.05, 0) is 24.6 Å². The first-order valence-electron chi connectivity index (χ1n) is 11.8. The van der Waals surface area contributed by atoms with Gasteiger partial charge in [-0.15, -0.1) is 0 Å². The summed E-state index contributed by atoms with van der Waals surface area (Å²) in [6.07, 6.45) is 1.54. The highest BCUT2D eigenvalue weighted by molar-refractivity contribution is 6.46. The molecule has 3 aromatic rings. The lowest BCUT2D eigenvalue weighted by Crippen LogP contribution is -2.42. The van der Waals surface area contributed by atoms with Crippen LogP contribution in [0.2, 0.25) is 0 Å². The van der Waals surface area contributed by atoms with E-state index in [1.807, 2.05) is 67.6 Å². The molecular weight excluding hydrogens is 444 g/mol. The molecule has 35 heavy (non-hydrogen) atoms. The summed E-state index contributed by atoms with van der Waals surface area (Å²) in [5, 5.41) is 15.8. The molecule has 180 valence electrons. The number of likely N-dealkylation sites (tertiary alicyclic amines) is 1. The molecule has 2 saturated heterocycles. The number of carbonyl (C=O) groups excluding carboxylic acids is 2. The number of morpholine rings is 1. The number of rotatable bonds is 6. The molecule has 1 amide bonds. The Morgan fingerprint density at radius 3 is 2.34 bits per heavy atom. The number of Topliss-reactive ketones (excluding diaryl/α,β-unsaturated/α-hetero) is 1. The zero-order chi connectivity index (χ0) is 24.4. The SMILES string of the molecule is Cc1c(/C(O)=C2\C(=O)C(=O)N(CCN3CCOCC3)[C@H]2c2ccccc2)cnn1-c1ccccc1. The molecule has 2 aliphatic heterocycles. The third-order valence-electron chi connectivity index (χ3n) is 6.68. The summed E-state index contributed by atoms with van der Waals surface area (Å²) in [6, 6.07) is 18.3. The summed E-state index contributed by atoms with van der Waals surface area (Å²) in [5.74, 6) is -1.47. The van der Waals surface area contributed by atoms with Gasteiger partial charge >= 0.3 is 0 Å². The third kappa shape index (κ3) is 4.38. The first-order chi connectivity index (χ1) is 17.1. The molecule has 1 aromatic heterocycles. The monoisotopic (exact) mass is 472 g/mol. The van der Waals surface area contributed by atoms with Gasteiger partial charge < -0.3 is 14.7 Å². The number of ether oxygens (including phenoxy) is 1. The van der Waals surface area contributed by atoms with E-state index in [-0.39, 0.29) is 11.3 Å². The second-order valence-electron chi connectivity index (χ2n) is 8.75. The Kier molecular flexibility index (Phi) is 6.48. The van der Waals surface area contributed by atoms with Crippen molar-refractivity contribution in [1.29, 1.82) is 0 Å². The van der Waals surface area contributed by atoms with Crippen molar-refractivity contribution in [2.24, 2.45) is 0 Å². The number of hydrogen-bond acceptors (Lipinski definition) is 6. The summed E-state index contributed by atoms with van der Waals surface area (Å²) in [4.78, 5) is 30.3. The van der Waals surface area contributed by atoms with Crippen molar-refractivity contribution in [3.63, 3.8) is 0 Å². The molecule has 8 nitrogen and oxygen atoms in total. The minimum Gasteiger partial charge on any atom is -0.507 e. The topological polar surface area (TPSA) is 87.9 Å². The van der Waals surface area contributed by atoms with Crippen LogP contribution in [0.5, 0.6) is 0 Å². The first-order valence-corrected chi connectivity index (χ1v) is 11.8. The fourth-order valence-corrected chi connectivity index (χ4v) is 4.78. The van der Waals surface area contributed by atoms with Gasteiger partial charge in [0.25, 0.3) is 11.7 Å². The Balaban J connectivity index is 1.54. The van der Waals surface area contributed by atoms with E-state index in [2.05, 4.69) is 10.00 Å². The van der Waals surface area contributed by atoms with Gasteiger partial charge in [-0.2, -0.15) is 5.10 Å². The van der Waals surface area contributed by atoms with Gasteiger partial charge in [0.15, 0.2) is 0 Å². The molecule has 8 heteroatoms. The van der Waals surface area contributed by atoms with E-state index in [9.17, 15) is 14.7 Å². The van der Waals surface area contributed by atoms with Gasteiger partial charge in [0.2, 0.25) is 0 Å². The van der Waals surface area contributed by atoms with Crippen molar-refractivity contribution in [3.05, 3.63) is 89.3 Å². The van der Waals surface area contributed by atoms with E-state index in [0.29, 0.717) is 37.6 Å². The molecule has 1 atom stereocenters. The van der Waals surface area contributed by atoms with Crippen LogP contribution >= 0.6 is 0 Å². The molecule has 2 aromatic carbocycles. The van der Waals surface area contributed by atoms with Crippen LogP contribution in [0, 0.1) is 6.92 Å². The molecule has 0 spiro atoms. The number of benzene rings is 2. The Labute approximate surface area is 204 Å². The van der Waals surface area contributed by atoms with Crippen LogP contribution in [0.25, 0.3) is 11.4 Å². The molecule has 5 rings (SSSR count). The summed E-state index contributed by atoms with van der Waals surface area (Å²) >= 11 is 0. The summed E-state index contributed by atoms with van der Waals surface area (Å²) in [5.41, 5.74) is 2.83. The van der Waals surface area contributed by atoms with Gasteiger partial charge in [0, 0.05) is 26.2 Å². The highest BCUT2D eigenvalue weighted by Crippen LogP contribution is 2.39. The van der Waals surface area contributed by atoms with Crippen LogP contribution in [0.4, 0.5) is 0 Å². The fraction of sp³-hybridized carbons (Fsp3) is 0.296. The van der Waals surface area contributed by atoms with Crippen LogP contribution in [0.3, 0.4) is 0 Å². The molecule has 1 N–H and O–H groups in total. The number of aliphatic hydroxyl groups is 1. The average molecular weight is 473 g/mol. The zero-order valence-electron chi connectivity index (χ0n) is 19.6. The van der Waals surface area contributed by atoms with Crippen LogP contribution in [-0.2, 0) is 14.3 Å². The van der Waals surface area contributed by atoms with Gasteiger partial charge in [-0.25, -0.2) is 4.68 Å². The molecule has 2 fully saturated rings. The molecule has 0 radical (unpaired) electrons. The third-order valence-corrected chi connectivity index (χ3v) is 6.68. The molecule has 0 aliphatic carbocycles. The maximum absolute atomic E-state index is 13.3.